The predicted molar refractivity (Wildman–Crippen MR) is 88.2 cm³/mol. The van der Waals surface area contributed by atoms with Crippen molar-refractivity contribution in [1.29, 1.82) is 0 Å². The molecule has 146 valence electrons. The SMILES string of the molecule is OC[C@H]1O[C@@H](n2cnc3c(NCC4(O)CC=C(O)O4)ncnc32)[C@@H](O)[C@@H]1O. The zero-order chi connectivity index (χ0) is 19.2. The molecule has 2 aromatic heterocycles. The molecular formula is C15H19N5O7. The van der Waals surface area contributed by atoms with Gasteiger partial charge in [-0.2, -0.15) is 0 Å². The summed E-state index contributed by atoms with van der Waals surface area (Å²) >= 11 is 0. The molecule has 6 N–H and O–H groups in total. The van der Waals surface area contributed by atoms with E-state index in [2.05, 4.69) is 20.3 Å². The van der Waals surface area contributed by atoms with Crippen molar-refractivity contribution in [2.45, 2.75) is 36.7 Å². The van der Waals surface area contributed by atoms with Crippen LogP contribution >= 0.6 is 0 Å². The number of aromatic nitrogens is 4. The van der Waals surface area contributed by atoms with Crippen molar-refractivity contribution >= 4 is 17.0 Å². The maximum absolute atomic E-state index is 10.2. The van der Waals surface area contributed by atoms with Gasteiger partial charge in [0.15, 0.2) is 23.2 Å². The molecule has 0 bridgehead atoms. The van der Waals surface area contributed by atoms with E-state index >= 15 is 0 Å². The molecule has 0 aliphatic carbocycles. The van der Waals surface area contributed by atoms with Gasteiger partial charge in [0.1, 0.15) is 24.6 Å². The fourth-order valence-electron chi connectivity index (χ4n) is 3.13. The van der Waals surface area contributed by atoms with E-state index < -0.39 is 36.9 Å². The lowest BCUT2D eigenvalue weighted by atomic mass is 10.1. The van der Waals surface area contributed by atoms with Crippen LogP contribution in [0.5, 0.6) is 0 Å². The average Bonchev–Trinajstić information content (AvgIpc) is 3.31. The molecule has 1 unspecified atom stereocenters. The van der Waals surface area contributed by atoms with Crippen molar-refractivity contribution in [2.75, 3.05) is 18.5 Å². The zero-order valence-corrected chi connectivity index (χ0v) is 14.0. The highest BCUT2D eigenvalue weighted by atomic mass is 16.7. The molecule has 2 aliphatic heterocycles. The van der Waals surface area contributed by atoms with E-state index in [0.29, 0.717) is 17.0 Å². The Morgan fingerprint density at radius 1 is 1.26 bits per heavy atom. The summed E-state index contributed by atoms with van der Waals surface area (Å²) in [6, 6.07) is 0. The van der Waals surface area contributed by atoms with E-state index in [1.54, 1.807) is 0 Å². The molecule has 0 spiro atoms. The molecule has 4 heterocycles. The van der Waals surface area contributed by atoms with E-state index in [1.807, 2.05) is 0 Å². The van der Waals surface area contributed by atoms with Gasteiger partial charge in [0, 0.05) is 12.5 Å². The smallest absolute Gasteiger partial charge is 0.275 e. The maximum Gasteiger partial charge on any atom is 0.275 e. The monoisotopic (exact) mass is 381 g/mol. The number of nitrogens with one attached hydrogen (secondary N) is 1. The Morgan fingerprint density at radius 2 is 2.07 bits per heavy atom. The fourth-order valence-corrected chi connectivity index (χ4v) is 3.13. The van der Waals surface area contributed by atoms with Gasteiger partial charge in [-0.3, -0.25) is 4.57 Å². The van der Waals surface area contributed by atoms with Crippen LogP contribution in [0.4, 0.5) is 5.82 Å². The number of anilines is 1. The van der Waals surface area contributed by atoms with Gasteiger partial charge < -0.3 is 40.3 Å². The van der Waals surface area contributed by atoms with Gasteiger partial charge in [-0.1, -0.05) is 0 Å². The topological polar surface area (TPSA) is 175 Å². The third kappa shape index (κ3) is 3.07. The normalized spacial score (nSPS) is 33.3. The highest BCUT2D eigenvalue weighted by Gasteiger charge is 2.44. The Kier molecular flexibility index (Phi) is 4.36. The lowest BCUT2D eigenvalue weighted by Gasteiger charge is -2.22. The van der Waals surface area contributed by atoms with Crippen LogP contribution in [0.15, 0.2) is 24.7 Å². The van der Waals surface area contributed by atoms with Crippen molar-refractivity contribution in [3.05, 3.63) is 24.7 Å². The Morgan fingerprint density at radius 3 is 2.74 bits per heavy atom. The van der Waals surface area contributed by atoms with Crippen LogP contribution < -0.4 is 5.32 Å². The van der Waals surface area contributed by atoms with Crippen molar-refractivity contribution in [3.63, 3.8) is 0 Å². The molecule has 0 amide bonds. The summed E-state index contributed by atoms with van der Waals surface area (Å²) in [4.78, 5) is 12.4. The molecule has 1 saturated heterocycles. The molecule has 0 radical (unpaired) electrons. The average molecular weight is 381 g/mol. The molecule has 12 nitrogen and oxygen atoms in total. The van der Waals surface area contributed by atoms with Gasteiger partial charge >= 0.3 is 0 Å². The van der Waals surface area contributed by atoms with Crippen molar-refractivity contribution in [1.82, 2.24) is 19.5 Å². The molecule has 4 rings (SSSR count). The number of aliphatic hydroxyl groups excluding tert-OH is 4. The van der Waals surface area contributed by atoms with Crippen molar-refractivity contribution < 1.29 is 35.0 Å². The summed E-state index contributed by atoms with van der Waals surface area (Å²) in [6.45, 7) is -0.511. The molecule has 0 saturated carbocycles. The molecule has 27 heavy (non-hydrogen) atoms. The quantitative estimate of drug-likeness (QED) is 0.350. The Bertz CT molecular complexity index is 873. The first kappa shape index (κ1) is 17.9. The van der Waals surface area contributed by atoms with E-state index in [4.69, 9.17) is 9.47 Å². The largest absolute Gasteiger partial charge is 0.481 e. The highest BCUT2D eigenvalue weighted by molar-refractivity contribution is 5.82. The molecule has 0 aromatic carbocycles. The summed E-state index contributed by atoms with van der Waals surface area (Å²) in [5, 5.41) is 51.7. The second kappa shape index (κ2) is 6.58. The second-order valence-electron chi connectivity index (χ2n) is 6.42. The maximum atomic E-state index is 10.2. The molecule has 12 heteroatoms. The summed E-state index contributed by atoms with van der Waals surface area (Å²) in [6.07, 6.45) is -0.314. The van der Waals surface area contributed by atoms with Crippen LogP contribution in [0.2, 0.25) is 0 Å². The fraction of sp³-hybridized carbons (Fsp3) is 0.533. The van der Waals surface area contributed by atoms with E-state index in [0.717, 1.165) is 0 Å². The zero-order valence-electron chi connectivity index (χ0n) is 14.0. The van der Waals surface area contributed by atoms with Gasteiger partial charge in [0.05, 0.1) is 19.5 Å². The van der Waals surface area contributed by atoms with Crippen LogP contribution in [0, 0.1) is 0 Å². The molecule has 2 aliphatic rings. The van der Waals surface area contributed by atoms with Gasteiger partial charge in [0.2, 0.25) is 5.79 Å². The van der Waals surface area contributed by atoms with E-state index in [9.17, 15) is 25.5 Å². The third-order valence-electron chi connectivity index (χ3n) is 4.57. The number of hydrogen-bond donors (Lipinski definition) is 6. The summed E-state index contributed by atoms with van der Waals surface area (Å²) in [5.41, 5.74) is 0.664. The molecule has 2 aromatic rings. The third-order valence-corrected chi connectivity index (χ3v) is 4.57. The first-order valence-electron chi connectivity index (χ1n) is 8.26. The summed E-state index contributed by atoms with van der Waals surface area (Å²) in [5.74, 6) is -1.65. The Labute approximate surface area is 152 Å². The van der Waals surface area contributed by atoms with E-state index in [-0.39, 0.29) is 18.9 Å². The number of nitrogens with zero attached hydrogens (tertiary/aromatic N) is 4. The van der Waals surface area contributed by atoms with E-state index in [1.165, 1.54) is 23.3 Å². The first-order chi connectivity index (χ1) is 12.9. The van der Waals surface area contributed by atoms with Gasteiger partial charge in [-0.15, -0.1) is 0 Å². The van der Waals surface area contributed by atoms with Crippen LogP contribution in [0.25, 0.3) is 11.2 Å². The number of rotatable bonds is 5. The number of hydrogen-bond acceptors (Lipinski definition) is 11. The standard InChI is InChI=1S/C15H19N5O7/c21-3-7-10(23)11(24)14(26-7)20-6-19-9-12(17-5-18-13(9)20)16-4-15(25)2-1-8(22)27-15/h1,5-7,10-11,14,21-25H,2-4H2,(H,16,17,18)/t7-,10-,11+,14-,15?/m1/s1. The Hall–Kier alpha value is -2.51. The van der Waals surface area contributed by atoms with Gasteiger partial charge in [0.25, 0.3) is 5.95 Å². The highest BCUT2D eigenvalue weighted by Crippen LogP contribution is 2.32. The minimum atomic E-state index is -1.60. The lowest BCUT2D eigenvalue weighted by molar-refractivity contribution is -0.169. The number of imidazole rings is 1. The van der Waals surface area contributed by atoms with Crippen molar-refractivity contribution in [3.8, 4) is 0 Å². The minimum absolute atomic E-state index is 0.0691. The van der Waals surface area contributed by atoms with Crippen LogP contribution in [-0.4, -0.2) is 82.3 Å². The minimum Gasteiger partial charge on any atom is -0.481 e. The van der Waals surface area contributed by atoms with Crippen LogP contribution in [0.1, 0.15) is 12.6 Å². The second-order valence-corrected chi connectivity index (χ2v) is 6.42. The molecule has 1 fully saturated rings. The number of fused-ring (bicyclic) bond motifs is 1. The molecular weight excluding hydrogens is 362 g/mol. The number of aliphatic hydroxyl groups is 5. The summed E-state index contributed by atoms with van der Waals surface area (Å²) < 4.78 is 11.9. The van der Waals surface area contributed by atoms with Gasteiger partial charge in [-0.25, -0.2) is 15.0 Å². The van der Waals surface area contributed by atoms with Crippen molar-refractivity contribution in [2.24, 2.45) is 0 Å². The summed E-state index contributed by atoms with van der Waals surface area (Å²) in [7, 11) is 0. The first-order valence-corrected chi connectivity index (χ1v) is 8.26. The van der Waals surface area contributed by atoms with Gasteiger partial charge in [-0.05, 0) is 0 Å². The predicted octanol–water partition coefficient (Wildman–Crippen LogP) is -1.64. The lowest BCUT2D eigenvalue weighted by Crippen LogP contribution is -2.36. The van der Waals surface area contributed by atoms with Crippen LogP contribution in [0.3, 0.4) is 0 Å². The molecule has 5 atom stereocenters. The number of ether oxygens (including phenoxy) is 2. The van der Waals surface area contributed by atoms with Crippen LogP contribution in [-0.2, 0) is 9.47 Å². The Balaban J connectivity index is 1.57.